The molecule has 0 amide bonds. The zero-order valence-electron chi connectivity index (χ0n) is 53.1. The molecule has 0 aliphatic carbocycles. The van der Waals surface area contributed by atoms with Crippen LogP contribution in [0, 0.1) is 35.5 Å². The van der Waals surface area contributed by atoms with Gasteiger partial charge in [-0.15, -0.1) is 0 Å². The second-order valence-electron chi connectivity index (χ2n) is 21.0. The highest BCUT2D eigenvalue weighted by molar-refractivity contribution is 6.37. The Morgan fingerprint density at radius 1 is 0.344 bits per heavy atom. The first-order valence-electron chi connectivity index (χ1n) is 30.9. The van der Waals surface area contributed by atoms with Crippen LogP contribution in [-0.4, -0.2) is 69.7 Å². The van der Waals surface area contributed by atoms with Gasteiger partial charge < -0.3 is 43.9 Å². The number of aromatic amines is 6. The fraction of sp³-hybridized carbons (Fsp3) is 0.348. The van der Waals surface area contributed by atoms with E-state index in [2.05, 4.69) is 65.4 Å². The van der Waals surface area contributed by atoms with Crippen molar-refractivity contribution in [3.05, 3.63) is 190 Å². The molecule has 0 fully saturated rings. The molecule has 6 N–H and O–H groups in total. The number of ketones is 3. The van der Waals surface area contributed by atoms with E-state index in [-0.39, 0.29) is 34.4 Å². The monoisotopic (exact) mass is 1230 g/mol. The van der Waals surface area contributed by atoms with Crippen molar-refractivity contribution in [3.8, 4) is 35.5 Å². The SMILES string of the molecule is CCc1c[nH]c(/C(=C/C(=O)c2[nH]c(C#Cc3cc(C#Cc4[nH]c(C(=O)/C=C(\OB(F)F)c5[nH]cc(CC)c5CC)c(CC)c4CC)cc(C#Cc4[nH]c(C(=O)/C=C(/OB(F)F)c5[nH]cc(CC)c5CC)c(CC)c4CC)c3)c(CC)c2CC)OB(F)F)c1CC. The molecule has 0 radical (unpaired) electrons. The molecule has 6 aromatic heterocycles. The average molecular weight is 1230 g/mol. The molecule has 0 atom stereocenters. The van der Waals surface area contributed by atoms with E-state index in [1.165, 1.54) is 0 Å². The number of aryl methyl sites for hydroxylation is 3. The zero-order chi connectivity index (χ0) is 65.5. The third-order valence-electron chi connectivity index (χ3n) is 16.1. The summed E-state index contributed by atoms with van der Waals surface area (Å²) in [5.41, 5.74) is 13.3. The number of hydrogen-bond acceptors (Lipinski definition) is 6. The number of halogens is 6. The summed E-state index contributed by atoms with van der Waals surface area (Å²) in [6, 6.07) is 5.25. The third kappa shape index (κ3) is 15.3. The van der Waals surface area contributed by atoms with Gasteiger partial charge in [-0.05, 0) is 180 Å². The standard InChI is InChI=1S/C69H75B3F6N6O6/c1-13-43-37-79-67(46(43)16-4)61(88-70(73)74)34-58(85)64-52(22-10)49(19-7)55(82-64)28-25-40-31-41(26-29-56-50(20-8)53(23-11)65(83-56)59(86)35-62(89-71(75)76)68-47(17-5)44(14-2)38-80-68)33-42(32-40)27-30-57-51(21-9)54(24-12)66(84-57)60(87)36-63(90-72(77)78)69-48(18-6)45(15-3)39-81-69/h31-39,79-84H,13-24H2,1-12H3/b61-34-,62-35-,63-36+. The minimum absolute atomic E-state index is 0.173. The number of H-pyrrole nitrogens is 6. The van der Waals surface area contributed by atoms with Gasteiger partial charge in [0.2, 0.25) is 17.3 Å². The second kappa shape index (κ2) is 31.4. The fourth-order valence-electron chi connectivity index (χ4n) is 11.9. The summed E-state index contributed by atoms with van der Waals surface area (Å²) in [6.07, 6.45) is 14.5. The molecule has 7 aromatic rings. The highest BCUT2D eigenvalue weighted by Crippen LogP contribution is 2.32. The molecule has 1 aromatic carbocycles. The Kier molecular flexibility index (Phi) is 23.9. The van der Waals surface area contributed by atoms with E-state index < -0.39 is 39.8 Å². The Labute approximate surface area is 524 Å². The summed E-state index contributed by atoms with van der Waals surface area (Å²) in [5.74, 6) is 16.8. The Morgan fingerprint density at radius 2 is 0.578 bits per heavy atom. The smallest absolute Gasteiger partial charge is 0.503 e. The number of carbonyl (C=O) groups excluding carboxylic acids is 3. The molecule has 0 unspecified atom stereocenters. The molecular weight excluding hydrogens is 1160 g/mol. The molecule has 0 aliphatic heterocycles. The van der Waals surface area contributed by atoms with E-state index in [1.54, 1.807) is 36.8 Å². The lowest BCUT2D eigenvalue weighted by molar-refractivity contribution is 0.103. The first kappa shape index (κ1) is 68.5. The van der Waals surface area contributed by atoms with Crippen LogP contribution in [0.5, 0.6) is 0 Å². The molecule has 468 valence electrons. The molecule has 90 heavy (non-hydrogen) atoms. The average Bonchev–Trinajstić information content (AvgIpc) is 2.71. The molecule has 0 bridgehead atoms. The number of allylic oxidation sites excluding steroid dienone is 3. The summed E-state index contributed by atoms with van der Waals surface area (Å²) >= 11 is 0. The van der Waals surface area contributed by atoms with Crippen LogP contribution in [0.3, 0.4) is 0 Å². The van der Waals surface area contributed by atoms with Gasteiger partial charge in [0.1, 0.15) is 17.3 Å². The molecule has 21 heteroatoms. The van der Waals surface area contributed by atoms with Crippen LogP contribution in [0.1, 0.15) is 232 Å². The topological polar surface area (TPSA) is 174 Å². The summed E-state index contributed by atoms with van der Waals surface area (Å²) in [4.78, 5) is 61.5. The van der Waals surface area contributed by atoms with Crippen LogP contribution >= 0.6 is 0 Å². The lowest BCUT2D eigenvalue weighted by Crippen LogP contribution is -2.09. The van der Waals surface area contributed by atoms with E-state index >= 15 is 0 Å². The van der Waals surface area contributed by atoms with E-state index in [1.807, 2.05) is 83.1 Å². The molecular formula is C69H75B3F6N6O6. The van der Waals surface area contributed by atoms with Crippen molar-refractivity contribution in [1.82, 2.24) is 29.9 Å². The van der Waals surface area contributed by atoms with Gasteiger partial charge in [-0.1, -0.05) is 101 Å². The lowest BCUT2D eigenvalue weighted by atomic mass is 10.00. The first-order chi connectivity index (χ1) is 43.3. The van der Waals surface area contributed by atoms with Gasteiger partial charge in [0.25, 0.3) is 0 Å². The minimum atomic E-state index is -3.20. The first-order valence-corrected chi connectivity index (χ1v) is 30.9. The number of aromatic nitrogens is 6. The number of benzene rings is 1. The Balaban J connectivity index is 1.38. The molecule has 0 aliphatic rings. The summed E-state index contributed by atoms with van der Waals surface area (Å²) in [5, 5.41) is 0. The number of nitrogens with one attached hydrogen (secondary N) is 6. The fourth-order valence-corrected chi connectivity index (χ4v) is 11.9. The van der Waals surface area contributed by atoms with Crippen molar-refractivity contribution in [1.29, 1.82) is 0 Å². The maximum atomic E-state index is 14.3. The van der Waals surface area contributed by atoms with E-state index in [4.69, 9.17) is 14.0 Å². The largest absolute Gasteiger partial charge is 0.796 e. The third-order valence-corrected chi connectivity index (χ3v) is 16.1. The molecule has 7 rings (SSSR count). The number of hydrogen-bond donors (Lipinski definition) is 6. The summed E-state index contributed by atoms with van der Waals surface area (Å²) in [7, 11) is -9.60. The van der Waals surface area contributed by atoms with Crippen LogP contribution in [0.15, 0.2) is 55.0 Å². The Bertz CT molecular complexity index is 3650. The van der Waals surface area contributed by atoms with Crippen molar-refractivity contribution >= 4 is 57.0 Å². The van der Waals surface area contributed by atoms with Gasteiger partial charge in [0.15, 0.2) is 0 Å². The number of carbonyl (C=O) groups is 3. The van der Waals surface area contributed by atoms with E-state index in [9.17, 15) is 40.3 Å². The Hall–Kier alpha value is -9.02. The maximum absolute atomic E-state index is 14.3. The highest BCUT2D eigenvalue weighted by atomic mass is 19.3. The lowest BCUT2D eigenvalue weighted by Gasteiger charge is -2.10. The van der Waals surface area contributed by atoms with Crippen LogP contribution < -0.4 is 0 Å². The molecule has 0 saturated carbocycles. The second-order valence-corrected chi connectivity index (χ2v) is 21.0. The van der Waals surface area contributed by atoms with Crippen molar-refractivity contribution in [2.75, 3.05) is 0 Å². The van der Waals surface area contributed by atoms with Gasteiger partial charge >= 0.3 is 22.4 Å². The number of rotatable bonds is 27. The van der Waals surface area contributed by atoms with Gasteiger partial charge in [0, 0.05) is 53.5 Å². The van der Waals surface area contributed by atoms with Crippen molar-refractivity contribution in [2.24, 2.45) is 0 Å². The van der Waals surface area contributed by atoms with Gasteiger partial charge in [0.05, 0.1) is 51.2 Å². The van der Waals surface area contributed by atoms with Crippen molar-refractivity contribution < 1.29 is 54.2 Å². The molecule has 12 nitrogen and oxygen atoms in total. The van der Waals surface area contributed by atoms with Crippen molar-refractivity contribution in [3.63, 3.8) is 0 Å². The van der Waals surface area contributed by atoms with Crippen molar-refractivity contribution in [2.45, 2.75) is 160 Å². The van der Waals surface area contributed by atoms with Crippen LogP contribution in [0.4, 0.5) is 25.9 Å². The zero-order valence-corrected chi connectivity index (χ0v) is 53.1. The maximum Gasteiger partial charge on any atom is 0.796 e. The molecule has 0 spiro atoms. The van der Waals surface area contributed by atoms with Crippen LogP contribution in [0.25, 0.3) is 17.3 Å². The predicted molar refractivity (Wildman–Crippen MR) is 346 cm³/mol. The molecule has 6 heterocycles. The quantitative estimate of drug-likeness (QED) is 0.00747. The highest BCUT2D eigenvalue weighted by Gasteiger charge is 2.30. The summed E-state index contributed by atoms with van der Waals surface area (Å²) < 4.78 is 98.8. The normalized spacial score (nSPS) is 11.6. The van der Waals surface area contributed by atoms with Crippen LogP contribution in [-0.2, 0) is 91.0 Å². The minimum Gasteiger partial charge on any atom is -0.503 e. The van der Waals surface area contributed by atoms with Gasteiger partial charge in [-0.3, -0.25) is 14.4 Å². The van der Waals surface area contributed by atoms with Gasteiger partial charge in [-0.2, -0.15) is 0 Å². The van der Waals surface area contributed by atoms with Crippen LogP contribution in [0.2, 0.25) is 0 Å². The molecule has 0 saturated heterocycles. The van der Waals surface area contributed by atoms with E-state index in [0.29, 0.717) is 145 Å². The predicted octanol–water partition coefficient (Wildman–Crippen LogP) is 15.1. The van der Waals surface area contributed by atoms with E-state index in [0.717, 1.165) is 68.3 Å². The van der Waals surface area contributed by atoms with Gasteiger partial charge in [-0.25, -0.2) is 25.9 Å². The summed E-state index contributed by atoms with van der Waals surface area (Å²) in [6.45, 7) is 23.0. The Morgan fingerprint density at radius 3 is 0.778 bits per heavy atom.